The summed E-state index contributed by atoms with van der Waals surface area (Å²) in [5, 5.41) is 0. The van der Waals surface area contributed by atoms with Crippen LogP contribution in [-0.4, -0.2) is 15.0 Å². The van der Waals surface area contributed by atoms with Gasteiger partial charge in [0.15, 0.2) is 0 Å². The molecule has 1 radical (unpaired) electrons. The molecule has 0 N–H and O–H groups in total. The van der Waals surface area contributed by atoms with Gasteiger partial charge in [0.05, 0.1) is 0 Å². The molecule has 40 heavy (non-hydrogen) atoms. The maximum Gasteiger partial charge on any atom is 0.0160 e. The van der Waals surface area contributed by atoms with Gasteiger partial charge in [0.2, 0.25) is 0 Å². The molecule has 0 aliphatic heterocycles. The molecule has 0 saturated carbocycles. The summed E-state index contributed by atoms with van der Waals surface area (Å²) >= 11 is 0. The molecule has 3 nitrogen and oxygen atoms in total. The Labute approximate surface area is 251 Å². The van der Waals surface area contributed by atoms with Crippen molar-refractivity contribution in [3.05, 3.63) is 163 Å². The average molecular weight is 697 g/mol. The van der Waals surface area contributed by atoms with Crippen LogP contribution in [0.4, 0.5) is 0 Å². The van der Waals surface area contributed by atoms with Crippen molar-refractivity contribution in [2.45, 2.75) is 20.8 Å². The van der Waals surface area contributed by atoms with Gasteiger partial charge >= 0.3 is 0 Å². The van der Waals surface area contributed by atoms with Crippen molar-refractivity contribution in [3.8, 4) is 33.8 Å². The van der Waals surface area contributed by atoms with E-state index in [0.717, 1.165) is 33.8 Å². The molecule has 0 bridgehead atoms. The Hall–Kier alpha value is -4.24. The SMILES string of the molecule is Cc1cccnc1-c1[c-]cccc1.Cc1cccnc1-c1[c-]cccc1.Cc1cccnc1-c1[c-]cccc1.[Ir]. The fourth-order valence-electron chi connectivity index (χ4n) is 3.92. The van der Waals surface area contributed by atoms with E-state index < -0.39 is 0 Å². The smallest absolute Gasteiger partial charge is 0.0160 e. The zero-order chi connectivity index (χ0) is 27.3. The molecule has 6 aromatic rings. The van der Waals surface area contributed by atoms with Crippen LogP contribution in [0.5, 0.6) is 0 Å². The van der Waals surface area contributed by atoms with Gasteiger partial charge in [-0.05, 0) is 56.1 Å². The number of hydrogen-bond donors (Lipinski definition) is 0. The van der Waals surface area contributed by atoms with Gasteiger partial charge in [-0.2, -0.15) is 0 Å². The zero-order valence-corrected chi connectivity index (χ0v) is 25.2. The van der Waals surface area contributed by atoms with Crippen LogP contribution in [0.15, 0.2) is 128 Å². The van der Waals surface area contributed by atoms with E-state index in [1.807, 2.05) is 110 Å². The van der Waals surface area contributed by atoms with Gasteiger partial charge in [0.1, 0.15) is 0 Å². The number of pyridine rings is 3. The molecule has 0 atom stereocenters. The van der Waals surface area contributed by atoms with Gasteiger partial charge in [-0.1, -0.05) is 34.9 Å². The number of benzene rings is 3. The van der Waals surface area contributed by atoms with Crippen LogP contribution in [-0.2, 0) is 20.1 Å². The normalized spacial score (nSPS) is 9.68. The van der Waals surface area contributed by atoms with Crippen LogP contribution in [0.3, 0.4) is 0 Å². The Balaban J connectivity index is 0.000000163. The fraction of sp³-hybridized carbons (Fsp3) is 0.0833. The first-order valence-electron chi connectivity index (χ1n) is 12.8. The minimum atomic E-state index is 0. The van der Waals surface area contributed by atoms with Crippen molar-refractivity contribution in [1.82, 2.24) is 15.0 Å². The third-order valence-electron chi connectivity index (χ3n) is 5.92. The minimum Gasteiger partial charge on any atom is -0.304 e. The Morgan fingerprint density at radius 3 is 0.925 bits per heavy atom. The van der Waals surface area contributed by atoms with Crippen molar-refractivity contribution in [2.24, 2.45) is 0 Å². The van der Waals surface area contributed by atoms with Gasteiger partial charge < -0.3 is 15.0 Å². The molecule has 0 saturated heterocycles. The van der Waals surface area contributed by atoms with Crippen LogP contribution in [0.1, 0.15) is 16.7 Å². The topological polar surface area (TPSA) is 38.7 Å². The minimum absolute atomic E-state index is 0. The van der Waals surface area contributed by atoms with Crippen LogP contribution in [0.25, 0.3) is 33.8 Å². The molecule has 3 aromatic carbocycles. The standard InChI is InChI=1S/3C12H10N.Ir/c3*1-10-6-5-9-13-12(10)11-7-3-2-4-8-11;/h3*2-7,9H,1H3;/q3*-1;. The van der Waals surface area contributed by atoms with Crippen molar-refractivity contribution in [3.63, 3.8) is 0 Å². The van der Waals surface area contributed by atoms with Crippen molar-refractivity contribution in [2.75, 3.05) is 0 Å². The summed E-state index contributed by atoms with van der Waals surface area (Å²) in [6.07, 6.45) is 5.43. The molecule has 0 aliphatic rings. The number of nitrogens with zero attached hydrogens (tertiary/aromatic N) is 3. The summed E-state index contributed by atoms with van der Waals surface area (Å²) in [6, 6.07) is 45.2. The summed E-state index contributed by atoms with van der Waals surface area (Å²) in [7, 11) is 0. The number of aryl methyl sites for hydroxylation is 3. The van der Waals surface area contributed by atoms with E-state index in [-0.39, 0.29) is 20.1 Å². The third kappa shape index (κ3) is 8.64. The van der Waals surface area contributed by atoms with E-state index in [9.17, 15) is 0 Å². The second kappa shape index (κ2) is 16.0. The maximum absolute atomic E-state index is 4.32. The number of aromatic nitrogens is 3. The summed E-state index contributed by atoms with van der Waals surface area (Å²) in [5.74, 6) is 0. The first-order chi connectivity index (χ1) is 19.1. The molecule has 3 aromatic heterocycles. The van der Waals surface area contributed by atoms with E-state index in [4.69, 9.17) is 0 Å². The second-order valence-electron chi connectivity index (χ2n) is 8.84. The summed E-state index contributed by atoms with van der Waals surface area (Å²) in [6.45, 7) is 6.18. The van der Waals surface area contributed by atoms with Crippen molar-refractivity contribution < 1.29 is 20.1 Å². The molecular weight excluding hydrogens is 667 g/mol. The molecule has 0 amide bonds. The number of rotatable bonds is 3. The van der Waals surface area contributed by atoms with E-state index in [2.05, 4.69) is 72.1 Å². The molecular formula is C36H30IrN3-3. The average Bonchev–Trinajstić information content (AvgIpc) is 3.00. The van der Waals surface area contributed by atoms with Crippen molar-refractivity contribution in [1.29, 1.82) is 0 Å². The summed E-state index contributed by atoms with van der Waals surface area (Å²) in [4.78, 5) is 13.0. The molecule has 0 fully saturated rings. The molecule has 0 unspecified atom stereocenters. The fourth-order valence-corrected chi connectivity index (χ4v) is 3.92. The molecule has 4 heteroatoms. The second-order valence-corrected chi connectivity index (χ2v) is 8.84. The van der Waals surface area contributed by atoms with E-state index >= 15 is 0 Å². The van der Waals surface area contributed by atoms with Crippen LogP contribution < -0.4 is 0 Å². The number of hydrogen-bond acceptors (Lipinski definition) is 3. The Morgan fingerprint density at radius 1 is 0.400 bits per heavy atom. The largest absolute Gasteiger partial charge is 0.304 e. The van der Waals surface area contributed by atoms with Crippen LogP contribution >= 0.6 is 0 Å². The Bertz CT molecular complexity index is 1380. The van der Waals surface area contributed by atoms with Gasteiger partial charge in [0.25, 0.3) is 0 Å². The summed E-state index contributed by atoms with van der Waals surface area (Å²) < 4.78 is 0. The van der Waals surface area contributed by atoms with E-state index in [0.29, 0.717) is 0 Å². The summed E-state index contributed by atoms with van der Waals surface area (Å²) in [5.41, 5.74) is 9.77. The molecule has 0 spiro atoms. The molecule has 201 valence electrons. The predicted octanol–water partition coefficient (Wildman–Crippen LogP) is 8.57. The maximum atomic E-state index is 4.32. The Kier molecular flexibility index (Phi) is 12.1. The first kappa shape index (κ1) is 30.3. The molecule has 0 aliphatic carbocycles. The zero-order valence-electron chi connectivity index (χ0n) is 22.8. The van der Waals surface area contributed by atoms with Crippen LogP contribution in [0, 0.1) is 39.0 Å². The Morgan fingerprint density at radius 2 is 0.700 bits per heavy atom. The van der Waals surface area contributed by atoms with Gasteiger partial charge in [0, 0.05) is 38.7 Å². The molecule has 3 heterocycles. The van der Waals surface area contributed by atoms with E-state index in [1.54, 1.807) is 0 Å². The van der Waals surface area contributed by atoms with Gasteiger partial charge in [-0.3, -0.25) is 0 Å². The quantitative estimate of drug-likeness (QED) is 0.174. The predicted molar refractivity (Wildman–Crippen MR) is 160 cm³/mol. The monoisotopic (exact) mass is 697 g/mol. The third-order valence-corrected chi connectivity index (χ3v) is 5.92. The van der Waals surface area contributed by atoms with E-state index in [1.165, 1.54) is 16.7 Å². The van der Waals surface area contributed by atoms with Gasteiger partial charge in [-0.15, -0.1) is 108 Å². The first-order valence-corrected chi connectivity index (χ1v) is 12.8. The molecule has 6 rings (SSSR count). The van der Waals surface area contributed by atoms with Gasteiger partial charge in [-0.25, -0.2) is 0 Å². The van der Waals surface area contributed by atoms with Crippen LogP contribution in [0.2, 0.25) is 0 Å². The van der Waals surface area contributed by atoms with Crippen molar-refractivity contribution >= 4 is 0 Å².